The van der Waals surface area contributed by atoms with Crippen LogP contribution in [0.15, 0.2) is 47.6 Å². The van der Waals surface area contributed by atoms with Gasteiger partial charge in [0.2, 0.25) is 0 Å². The Balaban J connectivity index is 0.00000363. The monoisotopic (exact) mass is 552 g/mol. The van der Waals surface area contributed by atoms with Crippen LogP contribution in [0.3, 0.4) is 0 Å². The SMILES string of the molecule is CN=C(NCCC(C)c1ccc(OC)cc1)NCc1ccc(N2CCN(C)CC2)nc1.I. The number of piperazine rings is 1. The fourth-order valence-corrected chi connectivity index (χ4v) is 3.66. The molecule has 0 bridgehead atoms. The molecule has 0 amide bonds. The molecule has 0 spiro atoms. The van der Waals surface area contributed by atoms with E-state index < -0.39 is 0 Å². The average Bonchev–Trinajstić information content (AvgIpc) is 2.82. The highest BCUT2D eigenvalue weighted by Gasteiger charge is 2.15. The highest BCUT2D eigenvalue weighted by molar-refractivity contribution is 14.0. The summed E-state index contributed by atoms with van der Waals surface area (Å²) in [7, 11) is 5.66. The molecule has 1 fully saturated rings. The summed E-state index contributed by atoms with van der Waals surface area (Å²) in [4.78, 5) is 13.7. The van der Waals surface area contributed by atoms with Gasteiger partial charge in [-0.1, -0.05) is 25.1 Å². The van der Waals surface area contributed by atoms with E-state index in [0.717, 1.165) is 62.2 Å². The zero-order chi connectivity index (χ0) is 22.1. The Kier molecular flexibility index (Phi) is 11.0. The normalized spacial score (nSPS) is 15.6. The summed E-state index contributed by atoms with van der Waals surface area (Å²) in [5, 5.41) is 6.79. The quantitative estimate of drug-likeness (QED) is 0.298. The molecule has 0 saturated carbocycles. The minimum Gasteiger partial charge on any atom is -0.497 e. The number of guanidine groups is 1. The van der Waals surface area contributed by atoms with Crippen molar-refractivity contribution < 1.29 is 4.74 Å². The van der Waals surface area contributed by atoms with E-state index in [1.807, 2.05) is 18.3 Å². The molecular formula is C24H37IN6O. The fraction of sp³-hybridized carbons (Fsp3) is 0.500. The molecule has 1 saturated heterocycles. The van der Waals surface area contributed by atoms with Crippen molar-refractivity contribution in [1.82, 2.24) is 20.5 Å². The number of hydrogen-bond acceptors (Lipinski definition) is 5. The Hall–Kier alpha value is -2.07. The van der Waals surface area contributed by atoms with Crippen LogP contribution in [0.25, 0.3) is 0 Å². The minimum atomic E-state index is 0. The third-order valence-corrected chi connectivity index (χ3v) is 5.87. The van der Waals surface area contributed by atoms with Gasteiger partial charge in [0.1, 0.15) is 11.6 Å². The van der Waals surface area contributed by atoms with Gasteiger partial charge in [0.25, 0.3) is 0 Å². The number of nitrogens with zero attached hydrogens (tertiary/aromatic N) is 4. The molecule has 0 radical (unpaired) electrons. The summed E-state index contributed by atoms with van der Waals surface area (Å²) < 4.78 is 5.24. The Morgan fingerprint density at radius 1 is 1.09 bits per heavy atom. The van der Waals surface area contributed by atoms with Crippen LogP contribution in [0.2, 0.25) is 0 Å². The summed E-state index contributed by atoms with van der Waals surface area (Å²) in [6.07, 6.45) is 2.98. The van der Waals surface area contributed by atoms with Crippen LogP contribution in [0, 0.1) is 0 Å². The van der Waals surface area contributed by atoms with E-state index in [1.54, 1.807) is 14.2 Å². The first-order chi connectivity index (χ1) is 15.1. The molecule has 1 aromatic carbocycles. The highest BCUT2D eigenvalue weighted by atomic mass is 127. The Bertz CT molecular complexity index is 819. The van der Waals surface area contributed by atoms with Crippen molar-refractivity contribution in [3.63, 3.8) is 0 Å². The van der Waals surface area contributed by atoms with Crippen molar-refractivity contribution in [2.24, 2.45) is 4.99 Å². The number of likely N-dealkylation sites (N-methyl/N-ethyl adjacent to an activating group) is 1. The maximum Gasteiger partial charge on any atom is 0.191 e. The van der Waals surface area contributed by atoms with Gasteiger partial charge in [-0.3, -0.25) is 4.99 Å². The molecule has 1 aliphatic rings. The van der Waals surface area contributed by atoms with E-state index in [0.29, 0.717) is 12.5 Å². The zero-order valence-corrected chi connectivity index (χ0v) is 22.0. The second kappa shape index (κ2) is 13.5. The third kappa shape index (κ3) is 7.81. The number of aliphatic imine (C=N–C) groups is 1. The number of rotatable bonds is 8. The smallest absolute Gasteiger partial charge is 0.191 e. The molecule has 1 aromatic heterocycles. The minimum absolute atomic E-state index is 0. The largest absolute Gasteiger partial charge is 0.497 e. The lowest BCUT2D eigenvalue weighted by Gasteiger charge is -2.33. The van der Waals surface area contributed by atoms with Gasteiger partial charge in [-0.2, -0.15) is 0 Å². The molecule has 8 heteroatoms. The number of nitrogens with one attached hydrogen (secondary N) is 2. The first-order valence-electron chi connectivity index (χ1n) is 11.1. The van der Waals surface area contributed by atoms with Gasteiger partial charge >= 0.3 is 0 Å². The molecule has 1 unspecified atom stereocenters. The molecule has 0 aliphatic carbocycles. The molecule has 2 N–H and O–H groups in total. The number of pyridine rings is 1. The highest BCUT2D eigenvalue weighted by Crippen LogP contribution is 2.21. The number of anilines is 1. The first-order valence-corrected chi connectivity index (χ1v) is 11.1. The lowest BCUT2D eigenvalue weighted by molar-refractivity contribution is 0.312. The second-order valence-electron chi connectivity index (χ2n) is 8.13. The van der Waals surface area contributed by atoms with Crippen LogP contribution in [0.4, 0.5) is 5.82 Å². The second-order valence-corrected chi connectivity index (χ2v) is 8.13. The van der Waals surface area contributed by atoms with Crippen LogP contribution in [0.5, 0.6) is 5.75 Å². The summed E-state index contributed by atoms with van der Waals surface area (Å²) in [6, 6.07) is 12.6. The van der Waals surface area contributed by atoms with Crippen molar-refractivity contribution in [3.05, 3.63) is 53.7 Å². The van der Waals surface area contributed by atoms with E-state index in [-0.39, 0.29) is 24.0 Å². The maximum absolute atomic E-state index is 5.24. The van der Waals surface area contributed by atoms with Gasteiger partial charge in [0, 0.05) is 52.5 Å². The predicted octanol–water partition coefficient (Wildman–Crippen LogP) is 3.32. The third-order valence-electron chi connectivity index (χ3n) is 5.87. The number of methoxy groups -OCH3 is 1. The van der Waals surface area contributed by atoms with Crippen LogP contribution in [0.1, 0.15) is 30.4 Å². The predicted molar refractivity (Wildman–Crippen MR) is 144 cm³/mol. The lowest BCUT2D eigenvalue weighted by Crippen LogP contribution is -2.44. The average molecular weight is 553 g/mol. The summed E-state index contributed by atoms with van der Waals surface area (Å²) in [5.74, 6) is 3.23. The van der Waals surface area contributed by atoms with Crippen LogP contribution in [-0.4, -0.2) is 69.8 Å². The van der Waals surface area contributed by atoms with E-state index in [9.17, 15) is 0 Å². The van der Waals surface area contributed by atoms with Gasteiger partial charge in [0.05, 0.1) is 7.11 Å². The molecule has 2 aromatic rings. The summed E-state index contributed by atoms with van der Waals surface area (Å²) in [6.45, 7) is 8.04. The van der Waals surface area contributed by atoms with Crippen molar-refractivity contribution in [1.29, 1.82) is 0 Å². The lowest BCUT2D eigenvalue weighted by atomic mass is 9.98. The van der Waals surface area contributed by atoms with E-state index in [1.165, 1.54) is 5.56 Å². The van der Waals surface area contributed by atoms with Crippen LogP contribution in [-0.2, 0) is 6.54 Å². The van der Waals surface area contributed by atoms with E-state index in [2.05, 4.69) is 68.6 Å². The van der Waals surface area contributed by atoms with Crippen LogP contribution >= 0.6 is 24.0 Å². The number of aromatic nitrogens is 1. The molecule has 1 atom stereocenters. The number of benzene rings is 1. The molecule has 2 heterocycles. The fourth-order valence-electron chi connectivity index (χ4n) is 3.66. The molecule has 32 heavy (non-hydrogen) atoms. The van der Waals surface area contributed by atoms with Crippen molar-refractivity contribution >= 4 is 35.8 Å². The number of hydrogen-bond donors (Lipinski definition) is 2. The summed E-state index contributed by atoms with van der Waals surface area (Å²) in [5.41, 5.74) is 2.46. The Morgan fingerprint density at radius 3 is 2.41 bits per heavy atom. The topological polar surface area (TPSA) is 65.0 Å². The van der Waals surface area contributed by atoms with Gasteiger partial charge in [-0.15, -0.1) is 24.0 Å². The number of ether oxygens (including phenoxy) is 1. The molecule has 3 rings (SSSR count). The van der Waals surface area contributed by atoms with Gasteiger partial charge in [0.15, 0.2) is 5.96 Å². The van der Waals surface area contributed by atoms with E-state index in [4.69, 9.17) is 4.74 Å². The number of halogens is 1. The van der Waals surface area contributed by atoms with Crippen molar-refractivity contribution in [2.45, 2.75) is 25.8 Å². The zero-order valence-electron chi connectivity index (χ0n) is 19.7. The van der Waals surface area contributed by atoms with Gasteiger partial charge in [-0.05, 0) is 48.7 Å². The van der Waals surface area contributed by atoms with Crippen molar-refractivity contribution in [2.75, 3.05) is 58.8 Å². The standard InChI is InChI=1S/C24H36N6O.HI/c1-19(21-6-8-22(31-4)9-7-21)11-12-26-24(25-2)28-18-20-5-10-23(27-17-20)30-15-13-29(3)14-16-30;/h5-10,17,19H,11-16,18H2,1-4H3,(H2,25,26,28);1H. The summed E-state index contributed by atoms with van der Waals surface area (Å²) >= 11 is 0. The molecule has 7 nitrogen and oxygen atoms in total. The Morgan fingerprint density at radius 2 is 1.81 bits per heavy atom. The van der Waals surface area contributed by atoms with Crippen LogP contribution < -0.4 is 20.3 Å². The first kappa shape index (κ1) is 26.2. The Labute approximate surface area is 209 Å². The van der Waals surface area contributed by atoms with Gasteiger partial charge in [-0.25, -0.2) is 4.98 Å². The molecule has 176 valence electrons. The van der Waals surface area contributed by atoms with E-state index >= 15 is 0 Å². The maximum atomic E-state index is 5.24. The molecule has 1 aliphatic heterocycles. The molecular weight excluding hydrogens is 515 g/mol. The van der Waals surface area contributed by atoms with Gasteiger partial charge < -0.3 is 25.2 Å². The van der Waals surface area contributed by atoms with Crippen molar-refractivity contribution in [3.8, 4) is 5.75 Å².